The third-order valence-corrected chi connectivity index (χ3v) is 7.57. The first kappa shape index (κ1) is 24.5. The van der Waals surface area contributed by atoms with Crippen LogP contribution < -0.4 is 9.62 Å². The molecule has 4 aromatic rings. The maximum atomic E-state index is 13.9. The Balaban J connectivity index is 1.79. The van der Waals surface area contributed by atoms with E-state index < -0.39 is 15.9 Å². The predicted molar refractivity (Wildman–Crippen MR) is 142 cm³/mol. The summed E-state index contributed by atoms with van der Waals surface area (Å²) < 4.78 is 29.0. The zero-order valence-corrected chi connectivity index (χ0v) is 21.0. The van der Waals surface area contributed by atoms with E-state index in [1.807, 2.05) is 32.0 Å². The van der Waals surface area contributed by atoms with E-state index in [2.05, 4.69) is 5.32 Å². The number of para-hydroxylation sites is 1. The van der Waals surface area contributed by atoms with Crippen molar-refractivity contribution in [1.29, 1.82) is 0 Å². The summed E-state index contributed by atoms with van der Waals surface area (Å²) in [5.41, 5.74) is 3.86. The van der Waals surface area contributed by atoms with Crippen molar-refractivity contribution in [3.05, 3.63) is 124 Å². The van der Waals surface area contributed by atoms with Gasteiger partial charge in [-0.25, -0.2) is 8.42 Å². The molecule has 0 aliphatic rings. The van der Waals surface area contributed by atoms with Gasteiger partial charge < -0.3 is 5.32 Å². The number of anilines is 2. The quantitative estimate of drug-likeness (QED) is 0.308. The SMILES string of the molecule is Cc1ccc(S(=O)(=O)N(Cc2ccc(Cl)cc2)c2ccccc2C(=O)Nc2cccc(C)c2)cc1. The molecule has 0 spiro atoms. The molecule has 0 saturated heterocycles. The summed E-state index contributed by atoms with van der Waals surface area (Å²) in [5, 5.41) is 3.44. The Morgan fingerprint density at radius 2 is 1.51 bits per heavy atom. The molecular weight excluding hydrogens is 480 g/mol. The molecule has 7 heteroatoms. The van der Waals surface area contributed by atoms with Crippen LogP contribution in [0.1, 0.15) is 27.0 Å². The van der Waals surface area contributed by atoms with Crippen LogP contribution in [0.4, 0.5) is 11.4 Å². The Bertz CT molecular complexity index is 1450. The fourth-order valence-electron chi connectivity index (χ4n) is 3.70. The monoisotopic (exact) mass is 504 g/mol. The fraction of sp³-hybridized carbons (Fsp3) is 0.107. The van der Waals surface area contributed by atoms with Crippen LogP contribution in [0.5, 0.6) is 0 Å². The number of benzene rings is 4. The van der Waals surface area contributed by atoms with E-state index in [1.165, 1.54) is 4.31 Å². The van der Waals surface area contributed by atoms with Crippen molar-refractivity contribution in [2.75, 3.05) is 9.62 Å². The van der Waals surface area contributed by atoms with Crippen molar-refractivity contribution in [2.45, 2.75) is 25.3 Å². The van der Waals surface area contributed by atoms with E-state index >= 15 is 0 Å². The standard InChI is InChI=1S/C28H25ClN2O3S/c1-20-10-16-25(17-11-20)35(33,34)31(19-22-12-14-23(29)15-13-22)27-9-4-3-8-26(27)28(32)30-24-7-5-6-21(2)18-24/h3-18H,19H2,1-2H3,(H,30,32). The van der Waals surface area contributed by atoms with Gasteiger partial charge >= 0.3 is 0 Å². The zero-order chi connectivity index (χ0) is 25.0. The molecule has 0 aromatic heterocycles. The van der Waals surface area contributed by atoms with Gasteiger partial charge in [-0.3, -0.25) is 9.10 Å². The number of halogens is 1. The predicted octanol–water partition coefficient (Wildman–Crippen LogP) is 6.60. The highest BCUT2D eigenvalue weighted by atomic mass is 35.5. The summed E-state index contributed by atoms with van der Waals surface area (Å²) in [6.45, 7) is 3.86. The molecule has 4 rings (SSSR count). The van der Waals surface area contributed by atoms with Crippen LogP contribution in [-0.4, -0.2) is 14.3 Å². The van der Waals surface area contributed by atoms with Gasteiger partial charge in [0, 0.05) is 10.7 Å². The highest BCUT2D eigenvalue weighted by Crippen LogP contribution is 2.30. The number of rotatable bonds is 7. The first-order valence-corrected chi connectivity index (χ1v) is 12.9. The van der Waals surface area contributed by atoms with Crippen LogP contribution in [0.2, 0.25) is 5.02 Å². The summed E-state index contributed by atoms with van der Waals surface area (Å²) in [5.74, 6) is -0.397. The molecule has 4 aromatic carbocycles. The molecule has 1 N–H and O–H groups in total. The lowest BCUT2D eigenvalue weighted by molar-refractivity contribution is 0.102. The average Bonchev–Trinajstić information content (AvgIpc) is 2.84. The Labute approximate surface area is 211 Å². The van der Waals surface area contributed by atoms with Crippen LogP contribution in [0, 0.1) is 13.8 Å². The molecule has 178 valence electrons. The van der Waals surface area contributed by atoms with E-state index in [9.17, 15) is 13.2 Å². The zero-order valence-electron chi connectivity index (χ0n) is 19.4. The van der Waals surface area contributed by atoms with E-state index in [-0.39, 0.29) is 22.7 Å². The van der Waals surface area contributed by atoms with E-state index in [0.717, 1.165) is 16.7 Å². The second kappa shape index (κ2) is 10.3. The van der Waals surface area contributed by atoms with Crippen molar-refractivity contribution < 1.29 is 13.2 Å². The Morgan fingerprint density at radius 1 is 0.829 bits per heavy atom. The number of sulfonamides is 1. The molecule has 0 atom stereocenters. The van der Waals surface area contributed by atoms with Gasteiger partial charge in [-0.15, -0.1) is 0 Å². The second-order valence-corrected chi connectivity index (χ2v) is 10.6. The number of carbonyl (C=O) groups is 1. The molecule has 0 heterocycles. The largest absolute Gasteiger partial charge is 0.322 e. The minimum Gasteiger partial charge on any atom is -0.322 e. The molecule has 0 aliphatic heterocycles. The van der Waals surface area contributed by atoms with Crippen molar-refractivity contribution in [3.8, 4) is 0 Å². The summed E-state index contributed by atoms with van der Waals surface area (Å²) in [6, 6.07) is 27.8. The molecular formula is C28H25ClN2O3S. The molecule has 35 heavy (non-hydrogen) atoms. The Kier molecular flexibility index (Phi) is 7.24. The van der Waals surface area contributed by atoms with Crippen LogP contribution in [-0.2, 0) is 16.6 Å². The van der Waals surface area contributed by atoms with Gasteiger partial charge in [-0.2, -0.15) is 0 Å². The van der Waals surface area contributed by atoms with Crippen LogP contribution in [0.3, 0.4) is 0 Å². The first-order valence-electron chi connectivity index (χ1n) is 11.0. The van der Waals surface area contributed by atoms with Gasteiger partial charge in [0.1, 0.15) is 0 Å². The van der Waals surface area contributed by atoms with E-state index in [4.69, 9.17) is 11.6 Å². The first-order chi connectivity index (χ1) is 16.7. The third-order valence-electron chi connectivity index (χ3n) is 5.54. The van der Waals surface area contributed by atoms with Gasteiger partial charge in [0.25, 0.3) is 15.9 Å². The Hall–Kier alpha value is -3.61. The number of amides is 1. The average molecular weight is 505 g/mol. The van der Waals surface area contributed by atoms with Gasteiger partial charge in [-0.05, 0) is 73.5 Å². The van der Waals surface area contributed by atoms with Gasteiger partial charge in [-0.1, -0.05) is 65.7 Å². The maximum Gasteiger partial charge on any atom is 0.264 e. The smallest absolute Gasteiger partial charge is 0.264 e. The molecule has 0 unspecified atom stereocenters. The van der Waals surface area contributed by atoms with Crippen LogP contribution in [0.15, 0.2) is 102 Å². The van der Waals surface area contributed by atoms with Crippen molar-refractivity contribution in [1.82, 2.24) is 0 Å². The van der Waals surface area contributed by atoms with Crippen LogP contribution >= 0.6 is 11.6 Å². The van der Waals surface area contributed by atoms with Crippen molar-refractivity contribution in [2.24, 2.45) is 0 Å². The summed E-state index contributed by atoms with van der Waals surface area (Å²) in [7, 11) is -3.99. The molecule has 5 nitrogen and oxygen atoms in total. The van der Waals surface area contributed by atoms with Crippen molar-refractivity contribution in [3.63, 3.8) is 0 Å². The third kappa shape index (κ3) is 5.73. The van der Waals surface area contributed by atoms with Gasteiger partial charge in [0.05, 0.1) is 22.7 Å². The number of aryl methyl sites for hydroxylation is 2. The lowest BCUT2D eigenvalue weighted by Gasteiger charge is -2.27. The number of nitrogens with one attached hydrogen (secondary N) is 1. The van der Waals surface area contributed by atoms with Crippen LogP contribution in [0.25, 0.3) is 0 Å². The van der Waals surface area contributed by atoms with E-state index in [0.29, 0.717) is 10.7 Å². The van der Waals surface area contributed by atoms with Gasteiger partial charge in [0.2, 0.25) is 0 Å². The molecule has 1 amide bonds. The number of hydrogen-bond donors (Lipinski definition) is 1. The lowest BCUT2D eigenvalue weighted by Crippen LogP contribution is -2.32. The minimum atomic E-state index is -3.99. The molecule has 0 bridgehead atoms. The maximum absolute atomic E-state index is 13.9. The number of nitrogens with zero attached hydrogens (tertiary/aromatic N) is 1. The van der Waals surface area contributed by atoms with E-state index in [1.54, 1.807) is 78.9 Å². The Morgan fingerprint density at radius 3 is 2.20 bits per heavy atom. The van der Waals surface area contributed by atoms with Crippen molar-refractivity contribution >= 4 is 38.9 Å². The highest BCUT2D eigenvalue weighted by molar-refractivity contribution is 7.92. The topological polar surface area (TPSA) is 66.5 Å². The molecule has 0 aliphatic carbocycles. The normalized spacial score (nSPS) is 11.2. The number of carbonyl (C=O) groups excluding carboxylic acids is 1. The van der Waals surface area contributed by atoms with Gasteiger partial charge in [0.15, 0.2) is 0 Å². The molecule has 0 radical (unpaired) electrons. The highest BCUT2D eigenvalue weighted by Gasteiger charge is 2.28. The number of hydrogen-bond acceptors (Lipinski definition) is 3. The lowest BCUT2D eigenvalue weighted by atomic mass is 10.1. The molecule has 0 fully saturated rings. The summed E-state index contributed by atoms with van der Waals surface area (Å²) >= 11 is 6.04. The fourth-order valence-corrected chi connectivity index (χ4v) is 5.29. The minimum absolute atomic E-state index is 0.0299. The second-order valence-electron chi connectivity index (χ2n) is 8.29. The molecule has 0 saturated carbocycles. The summed E-state index contributed by atoms with van der Waals surface area (Å²) in [6.07, 6.45) is 0. The summed E-state index contributed by atoms with van der Waals surface area (Å²) in [4.78, 5) is 13.5.